The average molecular weight is 548 g/mol. The monoisotopic (exact) mass is 547 g/mol. The van der Waals surface area contributed by atoms with Crippen molar-refractivity contribution < 1.29 is 33.3 Å². The van der Waals surface area contributed by atoms with Crippen LogP contribution in [-0.2, 0) is 16.0 Å². The van der Waals surface area contributed by atoms with Crippen molar-refractivity contribution in [2.45, 2.75) is 24.1 Å². The second-order valence-corrected chi connectivity index (χ2v) is 9.30. The highest BCUT2D eigenvalue weighted by Crippen LogP contribution is 2.28. The Morgan fingerprint density at radius 2 is 1.58 bits per heavy atom. The number of hydrogen-bond donors (Lipinski definition) is 5. The zero-order valence-electron chi connectivity index (χ0n) is 21.7. The van der Waals surface area contributed by atoms with Crippen molar-refractivity contribution in [3.05, 3.63) is 47.5 Å². The Morgan fingerprint density at radius 3 is 2.21 bits per heavy atom. The second kappa shape index (κ2) is 13.7. The number of benzene rings is 2. The predicted octanol–water partition coefficient (Wildman–Crippen LogP) is 0.199. The number of ether oxygens (including phenoxy) is 4. The molecular weight excluding hydrogens is 514 g/mol. The van der Waals surface area contributed by atoms with Crippen molar-refractivity contribution in [1.82, 2.24) is 21.3 Å². The third-order valence-electron chi connectivity index (χ3n) is 5.76. The maximum atomic E-state index is 12.7. The summed E-state index contributed by atoms with van der Waals surface area (Å²) in [4.78, 5) is 37.7. The van der Waals surface area contributed by atoms with Gasteiger partial charge >= 0.3 is 0 Å². The second-order valence-electron chi connectivity index (χ2n) is 8.20. The summed E-state index contributed by atoms with van der Waals surface area (Å²) in [6, 6.07) is 9.24. The fourth-order valence-electron chi connectivity index (χ4n) is 3.73. The Balaban J connectivity index is 1.44. The largest absolute Gasteiger partial charge is 0.493 e. The van der Waals surface area contributed by atoms with E-state index in [-0.39, 0.29) is 17.2 Å². The predicted molar refractivity (Wildman–Crippen MR) is 143 cm³/mol. The third-order valence-corrected chi connectivity index (χ3v) is 6.77. The van der Waals surface area contributed by atoms with Crippen LogP contribution >= 0.6 is 11.8 Å². The summed E-state index contributed by atoms with van der Waals surface area (Å²) in [5.41, 5.74) is 6.80. The Bertz CT molecular complexity index is 1150. The van der Waals surface area contributed by atoms with Crippen molar-refractivity contribution in [3.63, 3.8) is 0 Å². The molecule has 206 valence electrons. The summed E-state index contributed by atoms with van der Waals surface area (Å²) in [7, 11) is 6.10. The quantitative estimate of drug-likeness (QED) is 0.248. The van der Waals surface area contributed by atoms with E-state index >= 15 is 0 Å². The van der Waals surface area contributed by atoms with Crippen LogP contribution in [-0.4, -0.2) is 76.2 Å². The lowest BCUT2D eigenvalue weighted by Crippen LogP contribution is -2.70. The lowest BCUT2D eigenvalue weighted by atomic mass is 10.1. The number of amides is 3. The van der Waals surface area contributed by atoms with E-state index in [1.54, 1.807) is 26.4 Å². The van der Waals surface area contributed by atoms with Gasteiger partial charge in [0.25, 0.3) is 5.91 Å². The van der Waals surface area contributed by atoms with Crippen molar-refractivity contribution >= 4 is 29.5 Å². The van der Waals surface area contributed by atoms with Crippen LogP contribution in [0.15, 0.2) is 36.4 Å². The average Bonchev–Trinajstić information content (AvgIpc) is 2.93. The Labute approximate surface area is 225 Å². The van der Waals surface area contributed by atoms with Crippen molar-refractivity contribution in [1.29, 1.82) is 0 Å². The minimum atomic E-state index is -1.01. The minimum Gasteiger partial charge on any atom is -0.493 e. The molecular formula is C25H33N5O7S. The van der Waals surface area contributed by atoms with Crippen LogP contribution in [0.4, 0.5) is 0 Å². The summed E-state index contributed by atoms with van der Waals surface area (Å²) in [6.45, 7) is 0.434. The van der Waals surface area contributed by atoms with Crippen LogP contribution < -0.4 is 45.9 Å². The van der Waals surface area contributed by atoms with Crippen LogP contribution in [0.1, 0.15) is 15.9 Å². The first kappa shape index (κ1) is 28.9. The van der Waals surface area contributed by atoms with E-state index in [1.807, 2.05) is 18.2 Å². The Kier molecular flexibility index (Phi) is 10.4. The maximum absolute atomic E-state index is 12.7. The summed E-state index contributed by atoms with van der Waals surface area (Å²) < 4.78 is 20.9. The van der Waals surface area contributed by atoms with E-state index in [4.69, 9.17) is 24.7 Å². The number of carbonyl (C=O) groups excluding carboxylic acids is 3. The van der Waals surface area contributed by atoms with Crippen LogP contribution in [0.3, 0.4) is 0 Å². The standard InChI is InChI=1S/C25H33N5O7S/c1-34-16-7-5-14(11-18(16)36-3)9-10-27-20(31)13-38-25-29-22(26)21(24(33)30-25)28-23(32)15-6-8-17(35-2)19(12-15)37-4/h5-8,11-12,21-22,25,29H,9-10,13,26H2,1-4H3,(H,27,31)(H,28,32)(H,30,33). The van der Waals surface area contributed by atoms with E-state index in [1.165, 1.54) is 32.0 Å². The van der Waals surface area contributed by atoms with Crippen LogP contribution in [0, 0.1) is 0 Å². The molecule has 3 rings (SSSR count). The SMILES string of the molecule is COc1ccc(CCNC(=O)CSC2NC(=O)C(NC(=O)c3ccc(OC)c(OC)c3)C(N)N2)cc1OC. The van der Waals surface area contributed by atoms with E-state index in [0.717, 1.165) is 5.56 Å². The molecule has 12 nitrogen and oxygen atoms in total. The highest BCUT2D eigenvalue weighted by atomic mass is 32.2. The molecule has 38 heavy (non-hydrogen) atoms. The van der Waals surface area contributed by atoms with Gasteiger partial charge in [0.2, 0.25) is 11.8 Å². The van der Waals surface area contributed by atoms with Crippen molar-refractivity contribution in [2.75, 3.05) is 40.7 Å². The fraction of sp³-hybridized carbons (Fsp3) is 0.400. The molecule has 6 N–H and O–H groups in total. The molecule has 2 aromatic carbocycles. The number of carbonyl (C=O) groups is 3. The van der Waals surface area contributed by atoms with Gasteiger partial charge in [-0.1, -0.05) is 6.07 Å². The molecule has 3 amide bonds. The lowest BCUT2D eigenvalue weighted by molar-refractivity contribution is -0.125. The van der Waals surface area contributed by atoms with Gasteiger partial charge in [-0.3, -0.25) is 19.7 Å². The molecule has 0 aromatic heterocycles. The number of methoxy groups -OCH3 is 4. The van der Waals surface area contributed by atoms with Crippen molar-refractivity contribution in [3.8, 4) is 23.0 Å². The van der Waals surface area contributed by atoms with Gasteiger partial charge in [0, 0.05) is 12.1 Å². The van der Waals surface area contributed by atoms with Gasteiger partial charge in [0.05, 0.1) is 40.4 Å². The van der Waals surface area contributed by atoms with Gasteiger partial charge in [-0.2, -0.15) is 0 Å². The topological polar surface area (TPSA) is 162 Å². The third kappa shape index (κ3) is 7.43. The van der Waals surface area contributed by atoms with Crippen molar-refractivity contribution in [2.24, 2.45) is 5.73 Å². The van der Waals surface area contributed by atoms with E-state index < -0.39 is 29.5 Å². The summed E-state index contributed by atoms with van der Waals surface area (Å²) in [6.07, 6.45) is -0.250. The van der Waals surface area contributed by atoms with Gasteiger partial charge in [-0.05, 0) is 42.3 Å². The number of nitrogens with one attached hydrogen (secondary N) is 4. The highest BCUT2D eigenvalue weighted by molar-refractivity contribution is 8.00. The minimum absolute atomic E-state index is 0.0965. The lowest BCUT2D eigenvalue weighted by Gasteiger charge is -2.35. The van der Waals surface area contributed by atoms with Gasteiger partial charge in [0.1, 0.15) is 11.5 Å². The Hall–Kier alpha value is -3.68. The number of rotatable bonds is 12. The number of nitrogens with two attached hydrogens (primary N) is 1. The smallest absolute Gasteiger partial charge is 0.252 e. The molecule has 0 saturated carbocycles. The van der Waals surface area contributed by atoms with E-state index in [2.05, 4.69) is 21.3 Å². The first-order valence-corrected chi connectivity index (χ1v) is 12.8. The molecule has 0 aliphatic carbocycles. The molecule has 1 fully saturated rings. The highest BCUT2D eigenvalue weighted by Gasteiger charge is 2.35. The van der Waals surface area contributed by atoms with E-state index in [9.17, 15) is 14.4 Å². The van der Waals surface area contributed by atoms with Gasteiger partial charge in [-0.15, -0.1) is 11.8 Å². The first-order valence-electron chi connectivity index (χ1n) is 11.7. The molecule has 1 heterocycles. The number of hydrogen-bond acceptors (Lipinski definition) is 10. The fourth-order valence-corrected chi connectivity index (χ4v) is 4.61. The molecule has 13 heteroatoms. The first-order chi connectivity index (χ1) is 18.3. The molecule has 3 unspecified atom stereocenters. The summed E-state index contributed by atoms with van der Waals surface area (Å²) in [5.74, 6) is 1.07. The Morgan fingerprint density at radius 1 is 0.947 bits per heavy atom. The van der Waals surface area contributed by atoms with Gasteiger partial charge in [0.15, 0.2) is 23.0 Å². The molecule has 0 spiro atoms. The molecule has 1 saturated heterocycles. The molecule has 0 bridgehead atoms. The molecule has 3 atom stereocenters. The summed E-state index contributed by atoms with van der Waals surface area (Å²) in [5, 5.41) is 11.2. The molecule has 1 aliphatic rings. The maximum Gasteiger partial charge on any atom is 0.252 e. The zero-order valence-corrected chi connectivity index (χ0v) is 22.5. The van der Waals surface area contributed by atoms with E-state index in [0.29, 0.717) is 36.0 Å². The normalized spacial score (nSPS) is 18.7. The summed E-state index contributed by atoms with van der Waals surface area (Å²) >= 11 is 1.18. The molecule has 0 radical (unpaired) electrons. The van der Waals surface area contributed by atoms with Crippen LogP contribution in [0.2, 0.25) is 0 Å². The number of thioether (sulfide) groups is 1. The van der Waals surface area contributed by atoms with Gasteiger partial charge in [-0.25, -0.2) is 0 Å². The zero-order chi connectivity index (χ0) is 27.7. The molecule has 2 aromatic rings. The molecule has 1 aliphatic heterocycles. The van der Waals surface area contributed by atoms with Crippen LogP contribution in [0.25, 0.3) is 0 Å². The van der Waals surface area contributed by atoms with Crippen LogP contribution in [0.5, 0.6) is 23.0 Å². The van der Waals surface area contributed by atoms with Gasteiger partial charge < -0.3 is 40.6 Å².